The van der Waals surface area contributed by atoms with Gasteiger partial charge in [-0.15, -0.1) is 0 Å². The lowest BCUT2D eigenvalue weighted by Crippen LogP contribution is -2.15. The molecule has 0 atom stereocenters. The molecule has 0 bridgehead atoms. The standard InChI is InChI=1S/C17H21NO3/c1-19-16-4-2-3-13(9-16)11-20-12-17-14(7-8-21-17)10-18-15-5-6-15/h2-4,7-9,15,18H,5-6,10-12H2,1H3. The highest BCUT2D eigenvalue weighted by atomic mass is 16.5. The van der Waals surface area contributed by atoms with Crippen LogP contribution in [-0.2, 0) is 24.5 Å². The average Bonchev–Trinajstić information content (AvgIpc) is 3.24. The average molecular weight is 287 g/mol. The van der Waals surface area contributed by atoms with Gasteiger partial charge in [-0.2, -0.15) is 0 Å². The molecule has 0 saturated heterocycles. The molecular weight excluding hydrogens is 266 g/mol. The van der Waals surface area contributed by atoms with Crippen LogP contribution in [-0.4, -0.2) is 13.2 Å². The molecule has 21 heavy (non-hydrogen) atoms. The number of rotatable bonds is 8. The summed E-state index contributed by atoms with van der Waals surface area (Å²) in [7, 11) is 1.67. The van der Waals surface area contributed by atoms with E-state index >= 15 is 0 Å². The first-order valence-corrected chi connectivity index (χ1v) is 7.34. The molecule has 1 aromatic heterocycles. The molecule has 112 valence electrons. The second kappa shape index (κ2) is 6.78. The topological polar surface area (TPSA) is 43.6 Å². The molecule has 1 aromatic carbocycles. The van der Waals surface area contributed by atoms with Crippen LogP contribution in [0.1, 0.15) is 29.7 Å². The Hall–Kier alpha value is -1.78. The number of ether oxygens (including phenoxy) is 2. The van der Waals surface area contributed by atoms with E-state index in [9.17, 15) is 0 Å². The molecule has 1 heterocycles. The van der Waals surface area contributed by atoms with Gasteiger partial charge in [0, 0.05) is 18.2 Å². The Bertz CT molecular complexity index is 575. The lowest BCUT2D eigenvalue weighted by atomic mass is 10.2. The fraction of sp³-hybridized carbons (Fsp3) is 0.412. The smallest absolute Gasteiger partial charge is 0.133 e. The quantitative estimate of drug-likeness (QED) is 0.809. The number of furan rings is 1. The highest BCUT2D eigenvalue weighted by Crippen LogP contribution is 2.21. The summed E-state index contributed by atoms with van der Waals surface area (Å²) >= 11 is 0. The maximum atomic E-state index is 5.75. The van der Waals surface area contributed by atoms with Crippen molar-refractivity contribution in [1.82, 2.24) is 5.32 Å². The van der Waals surface area contributed by atoms with Crippen molar-refractivity contribution in [2.45, 2.75) is 38.6 Å². The van der Waals surface area contributed by atoms with E-state index in [1.807, 2.05) is 30.3 Å². The summed E-state index contributed by atoms with van der Waals surface area (Å²) in [5, 5.41) is 3.49. The number of benzene rings is 1. The van der Waals surface area contributed by atoms with Crippen LogP contribution in [0.5, 0.6) is 5.75 Å². The third-order valence-corrected chi connectivity index (χ3v) is 3.63. The maximum Gasteiger partial charge on any atom is 0.133 e. The fourth-order valence-corrected chi connectivity index (χ4v) is 2.22. The summed E-state index contributed by atoms with van der Waals surface area (Å²) in [6, 6.07) is 10.6. The van der Waals surface area contributed by atoms with Gasteiger partial charge in [0.1, 0.15) is 18.1 Å². The molecule has 1 aliphatic rings. The Kier molecular flexibility index (Phi) is 4.58. The monoisotopic (exact) mass is 287 g/mol. The zero-order valence-electron chi connectivity index (χ0n) is 12.3. The minimum absolute atomic E-state index is 0.492. The number of nitrogens with one attached hydrogen (secondary N) is 1. The normalized spacial score (nSPS) is 14.3. The highest BCUT2D eigenvalue weighted by molar-refractivity contribution is 5.27. The van der Waals surface area contributed by atoms with Crippen molar-refractivity contribution < 1.29 is 13.9 Å². The Balaban J connectivity index is 1.49. The molecule has 1 saturated carbocycles. The molecule has 1 aliphatic carbocycles. The summed E-state index contributed by atoms with van der Waals surface area (Å²) < 4.78 is 16.5. The SMILES string of the molecule is COc1cccc(COCc2occc2CNC2CC2)c1. The summed E-state index contributed by atoms with van der Waals surface area (Å²) in [5.74, 6) is 1.76. The second-order valence-corrected chi connectivity index (χ2v) is 5.37. The molecule has 3 rings (SSSR count). The molecule has 0 radical (unpaired) electrons. The molecule has 1 N–H and O–H groups in total. The Morgan fingerprint density at radius 3 is 2.95 bits per heavy atom. The zero-order chi connectivity index (χ0) is 14.5. The molecule has 2 aromatic rings. The lowest BCUT2D eigenvalue weighted by molar-refractivity contribution is 0.0920. The third-order valence-electron chi connectivity index (χ3n) is 3.63. The zero-order valence-corrected chi connectivity index (χ0v) is 12.3. The van der Waals surface area contributed by atoms with Crippen LogP contribution in [0.15, 0.2) is 41.0 Å². The third kappa shape index (κ3) is 4.09. The Morgan fingerprint density at radius 2 is 2.14 bits per heavy atom. The van der Waals surface area contributed by atoms with E-state index in [0.717, 1.165) is 23.6 Å². The van der Waals surface area contributed by atoms with Gasteiger partial charge in [0.25, 0.3) is 0 Å². The van der Waals surface area contributed by atoms with Crippen LogP contribution in [0.25, 0.3) is 0 Å². The van der Waals surface area contributed by atoms with E-state index in [-0.39, 0.29) is 0 Å². The van der Waals surface area contributed by atoms with Gasteiger partial charge in [-0.25, -0.2) is 0 Å². The highest BCUT2D eigenvalue weighted by Gasteiger charge is 2.20. The van der Waals surface area contributed by atoms with Crippen LogP contribution >= 0.6 is 0 Å². The van der Waals surface area contributed by atoms with E-state index in [1.165, 1.54) is 18.4 Å². The molecule has 0 unspecified atom stereocenters. The summed E-state index contributed by atoms with van der Waals surface area (Å²) in [4.78, 5) is 0. The van der Waals surface area contributed by atoms with Crippen LogP contribution in [0.3, 0.4) is 0 Å². The molecular formula is C17H21NO3. The van der Waals surface area contributed by atoms with Gasteiger partial charge < -0.3 is 19.2 Å². The number of methoxy groups -OCH3 is 1. The van der Waals surface area contributed by atoms with E-state index in [2.05, 4.69) is 5.32 Å². The largest absolute Gasteiger partial charge is 0.497 e. The van der Waals surface area contributed by atoms with Crippen molar-refractivity contribution in [3.63, 3.8) is 0 Å². The van der Waals surface area contributed by atoms with Crippen molar-refractivity contribution >= 4 is 0 Å². The summed E-state index contributed by atoms with van der Waals surface area (Å²) in [5.41, 5.74) is 2.28. The molecule has 0 aliphatic heterocycles. The van der Waals surface area contributed by atoms with Gasteiger partial charge in [0.15, 0.2) is 0 Å². The van der Waals surface area contributed by atoms with Crippen LogP contribution < -0.4 is 10.1 Å². The first kappa shape index (κ1) is 14.2. The van der Waals surface area contributed by atoms with Crippen molar-refractivity contribution in [2.24, 2.45) is 0 Å². The Morgan fingerprint density at radius 1 is 1.24 bits per heavy atom. The minimum Gasteiger partial charge on any atom is -0.497 e. The van der Waals surface area contributed by atoms with Gasteiger partial charge in [0.2, 0.25) is 0 Å². The summed E-state index contributed by atoms with van der Waals surface area (Å²) in [6.45, 7) is 1.90. The lowest BCUT2D eigenvalue weighted by Gasteiger charge is -2.07. The van der Waals surface area contributed by atoms with Crippen molar-refractivity contribution in [3.05, 3.63) is 53.5 Å². The first-order valence-electron chi connectivity index (χ1n) is 7.34. The molecule has 1 fully saturated rings. The van der Waals surface area contributed by atoms with E-state index in [4.69, 9.17) is 13.9 Å². The predicted molar refractivity (Wildman–Crippen MR) is 80.1 cm³/mol. The van der Waals surface area contributed by atoms with Gasteiger partial charge in [0.05, 0.1) is 20.0 Å². The van der Waals surface area contributed by atoms with Crippen molar-refractivity contribution in [3.8, 4) is 5.75 Å². The van der Waals surface area contributed by atoms with Crippen molar-refractivity contribution in [2.75, 3.05) is 7.11 Å². The van der Waals surface area contributed by atoms with Gasteiger partial charge in [-0.05, 0) is 36.6 Å². The minimum atomic E-state index is 0.492. The molecule has 0 amide bonds. The van der Waals surface area contributed by atoms with E-state index < -0.39 is 0 Å². The van der Waals surface area contributed by atoms with Gasteiger partial charge in [-0.3, -0.25) is 0 Å². The van der Waals surface area contributed by atoms with Crippen molar-refractivity contribution in [1.29, 1.82) is 0 Å². The van der Waals surface area contributed by atoms with Gasteiger partial charge in [-0.1, -0.05) is 12.1 Å². The fourth-order valence-electron chi connectivity index (χ4n) is 2.22. The Labute approximate surface area is 125 Å². The van der Waals surface area contributed by atoms with Gasteiger partial charge >= 0.3 is 0 Å². The molecule has 4 heteroatoms. The molecule has 4 nitrogen and oxygen atoms in total. The second-order valence-electron chi connectivity index (χ2n) is 5.37. The molecule has 0 spiro atoms. The van der Waals surface area contributed by atoms with Crippen LogP contribution in [0.2, 0.25) is 0 Å². The van der Waals surface area contributed by atoms with Crippen LogP contribution in [0.4, 0.5) is 0 Å². The number of hydrogen-bond acceptors (Lipinski definition) is 4. The first-order chi connectivity index (χ1) is 10.3. The van der Waals surface area contributed by atoms with Crippen LogP contribution in [0, 0.1) is 0 Å². The maximum absolute atomic E-state index is 5.75. The summed E-state index contributed by atoms with van der Waals surface area (Å²) in [6.07, 6.45) is 4.31. The number of hydrogen-bond donors (Lipinski definition) is 1. The van der Waals surface area contributed by atoms with E-state index in [0.29, 0.717) is 19.3 Å². The van der Waals surface area contributed by atoms with E-state index in [1.54, 1.807) is 13.4 Å². The predicted octanol–water partition coefficient (Wildman–Crippen LogP) is 3.26.